The average molecular weight is 174 g/mol. The van der Waals surface area contributed by atoms with E-state index in [-0.39, 0.29) is 0 Å². The molecule has 0 spiro atoms. The molecule has 0 aromatic rings. The lowest BCUT2D eigenvalue weighted by molar-refractivity contribution is 0.579. The summed E-state index contributed by atoms with van der Waals surface area (Å²) in [6.45, 7) is 4.91. The summed E-state index contributed by atoms with van der Waals surface area (Å²) in [5.41, 5.74) is 14.3. The number of hydrogen-bond donors (Lipinski definition) is 5. The van der Waals surface area contributed by atoms with Gasteiger partial charge in [-0.15, -0.1) is 0 Å². The van der Waals surface area contributed by atoms with Crippen molar-refractivity contribution in [3.63, 3.8) is 0 Å². The third-order valence-electron chi connectivity index (χ3n) is 1.29. The maximum absolute atomic E-state index is 6.43. The molecule has 0 aliphatic rings. The van der Waals surface area contributed by atoms with E-state index in [4.69, 9.17) is 11.3 Å². The first kappa shape index (κ1) is 11.3. The maximum atomic E-state index is 6.43. The van der Waals surface area contributed by atoms with Gasteiger partial charge in [0, 0.05) is 39.3 Å². The lowest BCUT2D eigenvalue weighted by atomic mass is 10.5. The number of nitrogens with zero attached hydrogens (tertiary/aromatic N) is 1. The molecule has 0 aromatic heterocycles. The van der Waals surface area contributed by atoms with Crippen LogP contribution in [0.4, 0.5) is 0 Å². The molecule has 0 unspecified atom stereocenters. The van der Waals surface area contributed by atoms with Crippen LogP contribution >= 0.6 is 0 Å². The van der Waals surface area contributed by atoms with E-state index in [1.165, 1.54) is 0 Å². The van der Waals surface area contributed by atoms with Gasteiger partial charge in [0.1, 0.15) is 0 Å². The molecule has 0 saturated heterocycles. The van der Waals surface area contributed by atoms with E-state index in [1.807, 2.05) is 0 Å². The molecule has 0 heterocycles. The van der Waals surface area contributed by atoms with Gasteiger partial charge in [-0.2, -0.15) is 5.53 Å². The Hall–Kier alpha value is -0.720. The van der Waals surface area contributed by atoms with E-state index < -0.39 is 0 Å². The average Bonchev–Trinajstić information content (AvgIpc) is 2.10. The second-order valence-corrected chi connectivity index (χ2v) is 2.31. The van der Waals surface area contributed by atoms with Crippen molar-refractivity contribution < 1.29 is 0 Å². The third kappa shape index (κ3) is 9.28. The Balaban J connectivity index is 2.77. The highest BCUT2D eigenvalue weighted by Gasteiger charge is 1.85. The molecule has 6 N–H and O–H groups in total. The minimum absolute atomic E-state index is 0.680. The van der Waals surface area contributed by atoms with Crippen molar-refractivity contribution in [3.8, 4) is 0 Å². The Morgan fingerprint density at radius 2 is 1.58 bits per heavy atom. The zero-order valence-electron chi connectivity index (χ0n) is 7.27. The zero-order valence-corrected chi connectivity index (χ0v) is 7.27. The van der Waals surface area contributed by atoms with Gasteiger partial charge >= 0.3 is 0 Å². The zero-order chi connectivity index (χ0) is 9.07. The Morgan fingerprint density at radius 3 is 2.17 bits per heavy atom. The number of rotatable bonds is 9. The summed E-state index contributed by atoms with van der Waals surface area (Å²) in [7, 11) is 0. The second-order valence-electron chi connectivity index (χ2n) is 2.31. The molecule has 0 bridgehead atoms. The van der Waals surface area contributed by atoms with Crippen LogP contribution in [0.2, 0.25) is 0 Å². The fourth-order valence-corrected chi connectivity index (χ4v) is 0.729. The van der Waals surface area contributed by atoms with E-state index in [1.54, 1.807) is 0 Å². The van der Waals surface area contributed by atoms with Gasteiger partial charge in [-0.3, -0.25) is 5.43 Å². The normalized spacial score (nSPS) is 9.75. The molecule has 12 heavy (non-hydrogen) atoms. The van der Waals surface area contributed by atoms with Gasteiger partial charge in [0.15, 0.2) is 0 Å². The molecule has 0 aromatic carbocycles. The van der Waals surface area contributed by atoms with Gasteiger partial charge in [0.25, 0.3) is 0 Å². The maximum Gasteiger partial charge on any atom is 0.0471 e. The highest BCUT2D eigenvalue weighted by atomic mass is 15.4. The fraction of sp³-hybridized carbons (Fsp3) is 1.00. The van der Waals surface area contributed by atoms with Crippen LogP contribution in [0.5, 0.6) is 0 Å². The highest BCUT2D eigenvalue weighted by Crippen LogP contribution is 1.60. The van der Waals surface area contributed by atoms with Gasteiger partial charge in [-0.25, -0.2) is 0 Å². The summed E-state index contributed by atoms with van der Waals surface area (Å²) in [6.07, 6.45) is 0. The van der Waals surface area contributed by atoms with Crippen molar-refractivity contribution in [1.29, 1.82) is 5.53 Å². The van der Waals surface area contributed by atoms with Crippen molar-refractivity contribution in [2.24, 2.45) is 11.0 Å². The molecule has 0 aliphatic carbocycles. The summed E-state index contributed by atoms with van der Waals surface area (Å²) < 4.78 is 0. The predicted molar refractivity (Wildman–Crippen MR) is 47.9 cm³/mol. The Bertz CT molecular complexity index is 96.0. The first-order chi connectivity index (χ1) is 5.91. The Labute approximate surface area is 72.8 Å². The van der Waals surface area contributed by atoms with Crippen molar-refractivity contribution in [3.05, 3.63) is 0 Å². The van der Waals surface area contributed by atoms with E-state index in [0.717, 1.165) is 26.2 Å². The smallest absolute Gasteiger partial charge is 0.0471 e. The largest absolute Gasteiger partial charge is 0.329 e. The molecule has 6 nitrogen and oxygen atoms in total. The van der Waals surface area contributed by atoms with Crippen molar-refractivity contribution in [2.75, 3.05) is 39.3 Å². The van der Waals surface area contributed by atoms with Gasteiger partial charge < -0.3 is 16.4 Å². The topological polar surface area (TPSA) is 98.3 Å². The van der Waals surface area contributed by atoms with Crippen LogP contribution in [0, 0.1) is 5.53 Å². The van der Waals surface area contributed by atoms with Crippen LogP contribution in [0.15, 0.2) is 5.22 Å². The van der Waals surface area contributed by atoms with Crippen LogP contribution in [-0.2, 0) is 0 Å². The van der Waals surface area contributed by atoms with E-state index in [2.05, 4.69) is 21.3 Å². The molecule has 0 fully saturated rings. The SMILES string of the molecule is N=NNCCNCCNCCN. The molecular weight excluding hydrogens is 156 g/mol. The summed E-state index contributed by atoms with van der Waals surface area (Å²) in [5, 5.41) is 9.34. The van der Waals surface area contributed by atoms with Crippen molar-refractivity contribution in [2.45, 2.75) is 0 Å². The summed E-state index contributed by atoms with van der Waals surface area (Å²) in [4.78, 5) is 0. The van der Waals surface area contributed by atoms with Gasteiger partial charge in [-0.1, -0.05) is 5.22 Å². The molecule has 0 saturated carbocycles. The Morgan fingerprint density at radius 1 is 1.00 bits per heavy atom. The second kappa shape index (κ2) is 10.3. The van der Waals surface area contributed by atoms with E-state index in [0.29, 0.717) is 13.1 Å². The molecule has 6 heteroatoms. The number of nitrogens with two attached hydrogens (primary N) is 1. The molecular formula is C6H18N6. The first-order valence-electron chi connectivity index (χ1n) is 4.12. The lowest BCUT2D eigenvalue weighted by Crippen LogP contribution is -2.33. The van der Waals surface area contributed by atoms with Gasteiger partial charge in [-0.05, 0) is 0 Å². The summed E-state index contributed by atoms with van der Waals surface area (Å²) in [6, 6.07) is 0. The third-order valence-corrected chi connectivity index (χ3v) is 1.29. The van der Waals surface area contributed by atoms with Crippen LogP contribution < -0.4 is 21.8 Å². The van der Waals surface area contributed by atoms with E-state index >= 15 is 0 Å². The summed E-state index contributed by atoms with van der Waals surface area (Å²) in [5.74, 6) is 0. The number of hydrogen-bond acceptors (Lipinski definition) is 5. The molecule has 0 atom stereocenters. The fourth-order valence-electron chi connectivity index (χ4n) is 0.729. The van der Waals surface area contributed by atoms with Crippen LogP contribution in [0.3, 0.4) is 0 Å². The molecule has 0 amide bonds. The number of nitrogens with one attached hydrogen (secondary N) is 4. The minimum Gasteiger partial charge on any atom is -0.329 e. The van der Waals surface area contributed by atoms with Gasteiger partial charge in [0.05, 0.1) is 0 Å². The van der Waals surface area contributed by atoms with Crippen molar-refractivity contribution >= 4 is 0 Å². The van der Waals surface area contributed by atoms with Crippen LogP contribution in [-0.4, -0.2) is 39.3 Å². The summed E-state index contributed by atoms with van der Waals surface area (Å²) >= 11 is 0. The van der Waals surface area contributed by atoms with Crippen LogP contribution in [0.1, 0.15) is 0 Å². The van der Waals surface area contributed by atoms with Crippen LogP contribution in [0.25, 0.3) is 0 Å². The molecule has 0 aliphatic heterocycles. The molecule has 72 valence electrons. The molecule has 0 radical (unpaired) electrons. The Kier molecular flexibility index (Phi) is 9.66. The lowest BCUT2D eigenvalue weighted by Gasteiger charge is -2.04. The van der Waals surface area contributed by atoms with E-state index in [9.17, 15) is 0 Å². The molecule has 0 rings (SSSR count). The van der Waals surface area contributed by atoms with Gasteiger partial charge in [0.2, 0.25) is 0 Å². The standard InChI is InChI=1S/C6H18N6/c7-1-2-9-3-4-10-5-6-11-12-8/h9-10H,1-7H2,(H2,8,11). The first-order valence-corrected chi connectivity index (χ1v) is 4.12. The van der Waals surface area contributed by atoms with Crippen molar-refractivity contribution in [1.82, 2.24) is 16.1 Å². The predicted octanol–water partition coefficient (Wildman–Crippen LogP) is -1.34. The highest BCUT2D eigenvalue weighted by molar-refractivity contribution is 4.52. The quantitative estimate of drug-likeness (QED) is 0.170. The monoisotopic (exact) mass is 174 g/mol. The minimum atomic E-state index is 0.680.